The van der Waals surface area contributed by atoms with E-state index >= 15 is 0 Å². The highest BCUT2D eigenvalue weighted by Gasteiger charge is 2.34. The van der Waals surface area contributed by atoms with Gasteiger partial charge >= 0.3 is 5.69 Å². The molecule has 4 fully saturated rings. The lowest BCUT2D eigenvalue weighted by Gasteiger charge is -2.35. The Balaban J connectivity index is 0.637. The van der Waals surface area contributed by atoms with Gasteiger partial charge < -0.3 is 4.74 Å². The first-order valence-corrected chi connectivity index (χ1v) is 26.0. The number of hydrogen-bond donors (Lipinski definition) is 2. The first-order chi connectivity index (χ1) is 34.2. The number of benzene rings is 3. The summed E-state index contributed by atoms with van der Waals surface area (Å²) < 4.78 is 8.71. The van der Waals surface area contributed by atoms with Crippen LogP contribution in [0.1, 0.15) is 128 Å². The smallest absolute Gasteiger partial charge is 0.329 e. The minimum atomic E-state index is -0.720. The van der Waals surface area contributed by atoms with E-state index < -0.39 is 11.9 Å². The molecule has 2 unspecified atom stereocenters. The third-order valence-corrected chi connectivity index (χ3v) is 16.8. The van der Waals surface area contributed by atoms with E-state index in [-0.39, 0.29) is 23.9 Å². The number of aromatic amines is 1. The van der Waals surface area contributed by atoms with Crippen LogP contribution in [-0.2, 0) is 27.4 Å². The molecule has 364 valence electrons. The monoisotopic (exact) mass is 943 g/mol. The summed E-state index contributed by atoms with van der Waals surface area (Å²) in [6.45, 7) is 8.87. The summed E-state index contributed by atoms with van der Waals surface area (Å²) in [7, 11) is 1.62. The molecule has 1 saturated carbocycles. The van der Waals surface area contributed by atoms with Crippen LogP contribution in [0, 0.1) is 17.8 Å². The second-order valence-corrected chi connectivity index (χ2v) is 21.0. The van der Waals surface area contributed by atoms with Crippen LogP contribution in [0.4, 0.5) is 0 Å². The highest BCUT2D eigenvalue weighted by molar-refractivity contribution is 6.00. The van der Waals surface area contributed by atoms with E-state index in [9.17, 15) is 19.2 Å². The molecule has 6 aromatic rings. The number of aromatic nitrogens is 5. The Morgan fingerprint density at radius 1 is 0.829 bits per heavy atom. The molecule has 0 bridgehead atoms. The first kappa shape index (κ1) is 46.4. The second kappa shape index (κ2) is 20.0. The lowest BCUT2D eigenvalue weighted by molar-refractivity contribution is -0.135. The number of carbonyl (C=O) groups is 3. The van der Waals surface area contributed by atoms with Gasteiger partial charge in [-0.3, -0.25) is 48.7 Å². The molecule has 11 rings (SSSR count). The van der Waals surface area contributed by atoms with Gasteiger partial charge in [0.05, 0.1) is 41.6 Å². The third kappa shape index (κ3) is 9.23. The van der Waals surface area contributed by atoms with Gasteiger partial charge in [0, 0.05) is 61.2 Å². The fraction of sp³-hybridized carbons (Fsp3) is 0.474. The van der Waals surface area contributed by atoms with Crippen LogP contribution >= 0.6 is 0 Å². The number of pyridine rings is 1. The first-order valence-electron chi connectivity index (χ1n) is 26.0. The number of para-hydroxylation sites is 1. The zero-order valence-corrected chi connectivity index (χ0v) is 40.7. The van der Waals surface area contributed by atoms with E-state index in [1.54, 1.807) is 16.2 Å². The number of likely N-dealkylation sites (tertiary alicyclic amines) is 2. The number of piperidine rings is 3. The van der Waals surface area contributed by atoms with Gasteiger partial charge in [-0.15, -0.1) is 0 Å². The lowest BCUT2D eigenvalue weighted by Crippen LogP contribution is -2.44. The number of amides is 2. The topological polar surface area (TPSA) is 147 Å². The van der Waals surface area contributed by atoms with Crippen LogP contribution in [0.3, 0.4) is 0 Å². The van der Waals surface area contributed by atoms with Gasteiger partial charge in [0.1, 0.15) is 6.04 Å². The highest BCUT2D eigenvalue weighted by atomic mass is 16.5. The molecule has 13 heteroatoms. The van der Waals surface area contributed by atoms with E-state index in [4.69, 9.17) is 9.72 Å². The van der Waals surface area contributed by atoms with E-state index in [1.165, 1.54) is 39.9 Å². The van der Waals surface area contributed by atoms with Gasteiger partial charge in [0.2, 0.25) is 11.8 Å². The number of ether oxygens (including phenoxy) is 1. The highest BCUT2D eigenvalue weighted by Crippen LogP contribution is 2.42. The molecule has 0 spiro atoms. The van der Waals surface area contributed by atoms with Crippen LogP contribution in [0.2, 0.25) is 0 Å². The van der Waals surface area contributed by atoms with Gasteiger partial charge in [-0.05, 0) is 160 Å². The second-order valence-electron chi connectivity index (χ2n) is 21.0. The summed E-state index contributed by atoms with van der Waals surface area (Å²) in [5.74, 6) is 1.88. The number of ketones is 1. The van der Waals surface area contributed by atoms with E-state index in [1.807, 2.05) is 24.5 Å². The van der Waals surface area contributed by atoms with Crippen LogP contribution in [0.15, 0.2) is 89.5 Å². The normalized spacial score (nSPS) is 23.0. The van der Waals surface area contributed by atoms with Crippen LogP contribution in [0.5, 0.6) is 0 Å². The largest absolute Gasteiger partial charge is 0.383 e. The zero-order valence-electron chi connectivity index (χ0n) is 40.7. The quantitative estimate of drug-likeness (QED) is 0.0807. The molecule has 0 radical (unpaired) electrons. The summed E-state index contributed by atoms with van der Waals surface area (Å²) in [5.41, 5.74) is 12.0. The van der Waals surface area contributed by atoms with Crippen LogP contribution in [-0.4, -0.2) is 98.2 Å². The number of methoxy groups -OCH3 is 1. The van der Waals surface area contributed by atoms with Crippen molar-refractivity contribution in [2.45, 2.75) is 109 Å². The lowest BCUT2D eigenvalue weighted by atomic mass is 9.74. The molecular formula is C57H66N8O5. The summed E-state index contributed by atoms with van der Waals surface area (Å²) in [5, 5.41) is 10.8. The van der Waals surface area contributed by atoms with Crippen molar-refractivity contribution in [3.05, 3.63) is 123 Å². The van der Waals surface area contributed by atoms with Crippen LogP contribution < -0.4 is 11.0 Å². The molecule has 2 aliphatic carbocycles. The number of H-pyrrole nitrogens is 1. The molecular weight excluding hydrogens is 877 g/mol. The number of fused-ring (bicyclic) bond motifs is 3. The van der Waals surface area contributed by atoms with Gasteiger partial charge in [-0.25, -0.2) is 4.79 Å². The van der Waals surface area contributed by atoms with Gasteiger partial charge in [0.15, 0.2) is 5.78 Å². The van der Waals surface area contributed by atoms with Crippen molar-refractivity contribution in [3.8, 4) is 11.1 Å². The number of Topliss-reactive ketones (excluding diaryl/α,β-unsaturated/α-hetero) is 1. The Labute approximate surface area is 409 Å². The van der Waals surface area contributed by atoms with Crippen molar-refractivity contribution < 1.29 is 19.1 Å². The van der Waals surface area contributed by atoms with E-state index in [2.05, 4.69) is 92.9 Å². The van der Waals surface area contributed by atoms with E-state index in [0.717, 1.165) is 124 Å². The minimum Gasteiger partial charge on any atom is -0.383 e. The molecule has 5 aliphatic rings. The fourth-order valence-corrected chi connectivity index (χ4v) is 12.8. The molecule has 13 nitrogen and oxygen atoms in total. The number of imide groups is 1. The number of carbonyl (C=O) groups excluding carboxylic acids is 3. The average Bonchev–Trinajstić information content (AvgIpc) is 4.07. The zero-order chi connectivity index (χ0) is 47.9. The molecule has 2 N–H and O–H groups in total. The third-order valence-electron chi connectivity index (χ3n) is 16.8. The number of nitrogens with one attached hydrogen (secondary N) is 2. The Hall–Kier alpha value is -6.02. The van der Waals surface area contributed by atoms with Crippen molar-refractivity contribution in [1.29, 1.82) is 0 Å². The van der Waals surface area contributed by atoms with Gasteiger partial charge in [-0.2, -0.15) is 5.10 Å². The Morgan fingerprint density at radius 2 is 1.59 bits per heavy atom. The summed E-state index contributed by atoms with van der Waals surface area (Å²) in [4.78, 5) is 62.5. The SMILES string of the molecule is COCCn1c(=O)n(C2CCC(=O)NC2=O)c2cccc(CN3CCC(CC4CCC(C(=O)c5ccc(C6CCN(CC7=Cc8c(-c9ccc%10[nH]ncc%10c9)ccnc8C7C)CC6)cc5)CC4)CC3)c21. The van der Waals surface area contributed by atoms with Gasteiger partial charge in [-0.1, -0.05) is 55.5 Å². The van der Waals surface area contributed by atoms with E-state index in [0.29, 0.717) is 49.0 Å². The average molecular weight is 943 g/mol. The standard InChI is InChI=1S/C57H66N8O5/c1-36-46(32-48-47(18-23-58-53(36)48)43-14-15-49-45(31-43)33-59-61-49)35-63-26-21-40(22-27-63)39-10-12-42(13-11-39)55(67)41-8-6-37(7-9-41)30-38-19-24-62(25-20-38)34-44-4-3-5-50-54(44)64(28-29-70-2)57(69)65(50)51-16-17-52(66)60-56(51)68/h3-5,10-15,18,23,31-33,36-38,40-41,51H,6-9,16-17,19-22,24-30,34-35H2,1-2H3,(H,59,61)(H,60,66,68). The van der Waals surface area contributed by atoms with Crippen molar-refractivity contribution in [3.63, 3.8) is 0 Å². The molecule has 2 amide bonds. The number of hydrogen-bond acceptors (Lipinski definition) is 9. The molecule has 3 saturated heterocycles. The molecule has 3 aliphatic heterocycles. The summed E-state index contributed by atoms with van der Waals surface area (Å²) in [6.07, 6.45) is 16.7. The molecule has 3 aromatic heterocycles. The maximum Gasteiger partial charge on any atom is 0.329 e. The summed E-state index contributed by atoms with van der Waals surface area (Å²) >= 11 is 0. The summed E-state index contributed by atoms with van der Waals surface area (Å²) in [6, 6.07) is 22.6. The number of rotatable bonds is 14. The number of imidazole rings is 1. The van der Waals surface area contributed by atoms with Crippen molar-refractivity contribution in [2.75, 3.05) is 46.4 Å². The van der Waals surface area contributed by atoms with Crippen molar-refractivity contribution >= 4 is 45.6 Å². The van der Waals surface area contributed by atoms with Crippen molar-refractivity contribution in [2.24, 2.45) is 17.8 Å². The Bertz CT molecular complexity index is 3000. The molecule has 3 aromatic carbocycles. The molecule has 6 heterocycles. The maximum atomic E-state index is 13.9. The molecule has 2 atom stereocenters. The Morgan fingerprint density at radius 3 is 2.36 bits per heavy atom. The van der Waals surface area contributed by atoms with Crippen molar-refractivity contribution in [1.82, 2.24) is 39.4 Å². The predicted octanol–water partition coefficient (Wildman–Crippen LogP) is 9.04. The molecule has 70 heavy (non-hydrogen) atoms. The predicted molar refractivity (Wildman–Crippen MR) is 272 cm³/mol. The Kier molecular flexibility index (Phi) is 13.2. The maximum absolute atomic E-state index is 13.9. The minimum absolute atomic E-state index is 0.117. The van der Waals surface area contributed by atoms with Crippen LogP contribution in [0.25, 0.3) is 39.1 Å². The van der Waals surface area contributed by atoms with Gasteiger partial charge in [0.25, 0.3) is 0 Å². The fourth-order valence-electron chi connectivity index (χ4n) is 12.8. The number of nitrogens with zero attached hydrogens (tertiary/aromatic N) is 6.